The van der Waals surface area contributed by atoms with Gasteiger partial charge in [0.25, 0.3) is 0 Å². The molecule has 0 aliphatic carbocycles. The number of halogens is 1. The number of nitrogens with one attached hydrogen (secondary N) is 1. The van der Waals surface area contributed by atoms with Gasteiger partial charge in [-0.05, 0) is 24.6 Å². The Hall–Kier alpha value is -0.860. The van der Waals surface area contributed by atoms with Crippen LogP contribution in [-0.4, -0.2) is 37.9 Å². The molecule has 1 rings (SSSR count). The minimum Gasteiger partial charge on any atom is -0.398 e. The van der Waals surface area contributed by atoms with Crippen LogP contribution in [0.2, 0.25) is 5.02 Å². The van der Waals surface area contributed by atoms with Crippen LogP contribution in [0.1, 0.15) is 5.56 Å². The predicted octanol–water partition coefficient (Wildman–Crippen LogP) is -0.138. The van der Waals surface area contributed by atoms with Gasteiger partial charge in [0.05, 0.1) is 24.2 Å². The quantitative estimate of drug-likeness (QED) is 0.565. The minimum absolute atomic E-state index is 0.0700. The number of hydrogen-bond donors (Lipinski definition) is 4. The third-order valence-electron chi connectivity index (χ3n) is 2.42. The van der Waals surface area contributed by atoms with Crippen LogP contribution in [0.15, 0.2) is 17.0 Å². The number of anilines is 1. The largest absolute Gasteiger partial charge is 0.398 e. The van der Waals surface area contributed by atoms with Crippen LogP contribution >= 0.6 is 11.6 Å². The molecule has 1 aromatic carbocycles. The van der Waals surface area contributed by atoms with Crippen molar-refractivity contribution in [1.82, 2.24) is 4.72 Å². The maximum Gasteiger partial charge on any atom is 0.241 e. The van der Waals surface area contributed by atoms with Gasteiger partial charge in [-0.1, -0.05) is 11.6 Å². The summed E-state index contributed by atoms with van der Waals surface area (Å²) in [4.78, 5) is -0.0700. The molecule has 0 unspecified atom stereocenters. The molecule has 5 N–H and O–H groups in total. The van der Waals surface area contributed by atoms with E-state index in [0.29, 0.717) is 5.56 Å². The SMILES string of the molecule is Cc1c(N)cc(Cl)cc1S(=O)(=O)NC(CO)CO. The van der Waals surface area contributed by atoms with Crippen molar-refractivity contribution < 1.29 is 18.6 Å². The second-order valence-corrected chi connectivity index (χ2v) is 5.92. The van der Waals surface area contributed by atoms with E-state index in [1.807, 2.05) is 0 Å². The molecular formula is C10H15ClN2O4S. The van der Waals surface area contributed by atoms with Crippen LogP contribution in [0.4, 0.5) is 5.69 Å². The van der Waals surface area contributed by atoms with Gasteiger partial charge in [0.2, 0.25) is 10.0 Å². The van der Waals surface area contributed by atoms with Crippen LogP contribution in [0, 0.1) is 6.92 Å². The highest BCUT2D eigenvalue weighted by atomic mass is 35.5. The molecule has 18 heavy (non-hydrogen) atoms. The van der Waals surface area contributed by atoms with E-state index < -0.39 is 29.3 Å². The number of sulfonamides is 1. The molecule has 1 aromatic rings. The van der Waals surface area contributed by atoms with E-state index in [1.54, 1.807) is 6.92 Å². The summed E-state index contributed by atoms with van der Waals surface area (Å²) < 4.78 is 26.2. The zero-order valence-electron chi connectivity index (χ0n) is 9.72. The third-order valence-corrected chi connectivity index (χ3v) is 4.28. The second-order valence-electron chi connectivity index (χ2n) is 3.80. The molecule has 0 amide bonds. The van der Waals surface area contributed by atoms with Crippen molar-refractivity contribution in [3.63, 3.8) is 0 Å². The van der Waals surface area contributed by atoms with Crippen LogP contribution in [0.25, 0.3) is 0 Å². The van der Waals surface area contributed by atoms with Crippen LogP contribution in [0.3, 0.4) is 0 Å². The Labute approximate surface area is 110 Å². The number of nitrogen functional groups attached to an aromatic ring is 1. The first-order valence-corrected chi connectivity index (χ1v) is 6.97. The molecule has 6 nitrogen and oxygen atoms in total. The molecule has 0 aliphatic heterocycles. The lowest BCUT2D eigenvalue weighted by Crippen LogP contribution is -2.40. The molecule has 0 bridgehead atoms. The van der Waals surface area contributed by atoms with Crippen molar-refractivity contribution >= 4 is 27.3 Å². The summed E-state index contributed by atoms with van der Waals surface area (Å²) in [6, 6.07) is 1.75. The number of aliphatic hydroxyl groups excluding tert-OH is 2. The second kappa shape index (κ2) is 5.85. The molecular weight excluding hydrogens is 280 g/mol. The average molecular weight is 295 g/mol. The van der Waals surface area contributed by atoms with E-state index in [9.17, 15) is 8.42 Å². The maximum atomic E-state index is 12.0. The normalized spacial score (nSPS) is 12.1. The lowest BCUT2D eigenvalue weighted by atomic mass is 10.2. The van der Waals surface area contributed by atoms with Crippen molar-refractivity contribution in [3.05, 3.63) is 22.7 Å². The first-order chi connectivity index (χ1) is 8.31. The van der Waals surface area contributed by atoms with E-state index >= 15 is 0 Å². The van der Waals surface area contributed by atoms with E-state index in [1.165, 1.54) is 12.1 Å². The molecule has 0 saturated heterocycles. The lowest BCUT2D eigenvalue weighted by Gasteiger charge is -2.16. The average Bonchev–Trinajstić information content (AvgIpc) is 2.30. The fraction of sp³-hybridized carbons (Fsp3) is 0.400. The highest BCUT2D eigenvalue weighted by Crippen LogP contribution is 2.25. The fourth-order valence-electron chi connectivity index (χ4n) is 1.37. The topological polar surface area (TPSA) is 113 Å². The van der Waals surface area contributed by atoms with Crippen LogP contribution < -0.4 is 10.5 Å². The van der Waals surface area contributed by atoms with E-state index in [4.69, 9.17) is 27.5 Å². The van der Waals surface area contributed by atoms with Crippen molar-refractivity contribution in [1.29, 1.82) is 0 Å². The Morgan fingerprint density at radius 2 is 1.94 bits per heavy atom. The first kappa shape index (κ1) is 15.2. The fourth-order valence-corrected chi connectivity index (χ4v) is 3.18. The summed E-state index contributed by atoms with van der Waals surface area (Å²) >= 11 is 5.76. The van der Waals surface area contributed by atoms with Crippen LogP contribution in [0.5, 0.6) is 0 Å². The zero-order chi connectivity index (χ0) is 13.9. The van der Waals surface area contributed by atoms with Gasteiger partial charge in [-0.3, -0.25) is 0 Å². The monoisotopic (exact) mass is 294 g/mol. The molecule has 0 aromatic heterocycles. The van der Waals surface area contributed by atoms with E-state index in [0.717, 1.165) is 0 Å². The molecule has 0 atom stereocenters. The summed E-state index contributed by atoms with van der Waals surface area (Å²) in [7, 11) is -3.89. The van der Waals surface area contributed by atoms with Gasteiger partial charge in [0, 0.05) is 10.7 Å². The van der Waals surface area contributed by atoms with Crippen LogP contribution in [-0.2, 0) is 10.0 Å². The Bertz CT molecular complexity index is 529. The van der Waals surface area contributed by atoms with Crippen molar-refractivity contribution in [2.24, 2.45) is 0 Å². The van der Waals surface area contributed by atoms with Gasteiger partial charge >= 0.3 is 0 Å². The van der Waals surface area contributed by atoms with Crippen molar-refractivity contribution in [3.8, 4) is 0 Å². The van der Waals surface area contributed by atoms with Gasteiger partial charge in [-0.25, -0.2) is 13.1 Å². The van der Waals surface area contributed by atoms with Gasteiger partial charge in [-0.15, -0.1) is 0 Å². The third kappa shape index (κ3) is 3.33. The Morgan fingerprint density at radius 1 is 1.39 bits per heavy atom. The Morgan fingerprint density at radius 3 is 2.44 bits per heavy atom. The lowest BCUT2D eigenvalue weighted by molar-refractivity contribution is 0.185. The van der Waals surface area contributed by atoms with Gasteiger partial charge in [0.1, 0.15) is 0 Å². The van der Waals surface area contributed by atoms with Gasteiger partial charge in [0.15, 0.2) is 0 Å². The molecule has 0 aliphatic rings. The Balaban J connectivity index is 3.20. The summed E-state index contributed by atoms with van der Waals surface area (Å²) in [6.45, 7) is 0.531. The molecule has 0 radical (unpaired) electrons. The van der Waals surface area contributed by atoms with Crippen molar-refractivity contribution in [2.75, 3.05) is 18.9 Å². The summed E-state index contributed by atoms with van der Waals surface area (Å²) in [5.41, 5.74) is 6.26. The first-order valence-electron chi connectivity index (χ1n) is 5.11. The Kier molecular flexibility index (Phi) is 4.94. The maximum absolute atomic E-state index is 12.0. The smallest absolute Gasteiger partial charge is 0.241 e. The number of rotatable bonds is 5. The van der Waals surface area contributed by atoms with E-state index in [-0.39, 0.29) is 15.6 Å². The molecule has 0 saturated carbocycles. The summed E-state index contributed by atoms with van der Waals surface area (Å²) in [5, 5.41) is 18.0. The van der Waals surface area contributed by atoms with Crippen molar-refractivity contribution in [2.45, 2.75) is 17.9 Å². The zero-order valence-corrected chi connectivity index (χ0v) is 11.3. The van der Waals surface area contributed by atoms with Gasteiger partial charge in [-0.2, -0.15) is 0 Å². The van der Waals surface area contributed by atoms with Gasteiger partial charge < -0.3 is 15.9 Å². The summed E-state index contributed by atoms with van der Waals surface area (Å²) in [5.74, 6) is 0. The number of benzene rings is 1. The molecule has 0 spiro atoms. The standard InChI is InChI=1S/C10H15ClN2O4S/c1-6-9(12)2-7(11)3-10(6)18(16,17)13-8(4-14)5-15/h2-3,8,13-15H,4-5,12H2,1H3. The van der Waals surface area contributed by atoms with E-state index in [2.05, 4.69) is 4.72 Å². The minimum atomic E-state index is -3.89. The molecule has 0 heterocycles. The number of nitrogens with two attached hydrogens (primary N) is 1. The predicted molar refractivity (Wildman–Crippen MR) is 68.9 cm³/mol. The molecule has 0 fully saturated rings. The highest BCUT2D eigenvalue weighted by molar-refractivity contribution is 7.89. The number of aliphatic hydroxyl groups is 2. The molecule has 102 valence electrons. The number of hydrogen-bond acceptors (Lipinski definition) is 5. The summed E-state index contributed by atoms with van der Waals surface area (Å²) in [6.07, 6.45) is 0. The molecule has 8 heteroatoms. The highest BCUT2D eigenvalue weighted by Gasteiger charge is 2.22.